The van der Waals surface area contributed by atoms with E-state index in [-0.39, 0.29) is 5.56 Å². The zero-order valence-corrected chi connectivity index (χ0v) is 11.9. The number of nitrogens with one attached hydrogen (secondary N) is 1. The average Bonchev–Trinajstić information content (AvgIpc) is 2.38. The number of halogens is 2. The molecule has 20 heavy (non-hydrogen) atoms. The first-order valence-corrected chi connectivity index (χ1v) is 7.29. The van der Waals surface area contributed by atoms with Gasteiger partial charge in [0.1, 0.15) is 0 Å². The molecule has 0 amide bonds. The van der Waals surface area contributed by atoms with Crippen molar-refractivity contribution in [3.63, 3.8) is 0 Å². The Bertz CT molecular complexity index is 421. The molecule has 1 aromatic carbocycles. The van der Waals surface area contributed by atoms with Crippen molar-refractivity contribution in [1.29, 1.82) is 0 Å². The van der Waals surface area contributed by atoms with Crippen LogP contribution in [0.2, 0.25) is 0 Å². The zero-order chi connectivity index (χ0) is 14.6. The topological polar surface area (TPSA) is 32.3 Å². The summed E-state index contributed by atoms with van der Waals surface area (Å²) in [7, 11) is 0. The molecule has 2 unspecified atom stereocenters. The van der Waals surface area contributed by atoms with Gasteiger partial charge in [-0.1, -0.05) is 44.0 Å². The largest absolute Gasteiger partial charge is 0.389 e. The van der Waals surface area contributed by atoms with Crippen LogP contribution in [-0.4, -0.2) is 17.3 Å². The Hall–Kier alpha value is -1.00. The molecule has 1 aromatic rings. The highest BCUT2D eigenvalue weighted by Gasteiger charge is 2.31. The maximum absolute atomic E-state index is 12.4. The maximum atomic E-state index is 12.4. The molecule has 0 bridgehead atoms. The van der Waals surface area contributed by atoms with Crippen molar-refractivity contribution < 1.29 is 13.9 Å². The van der Waals surface area contributed by atoms with Crippen molar-refractivity contribution in [3.8, 4) is 0 Å². The molecule has 0 spiro atoms. The number of hydrogen-bond donors (Lipinski definition) is 2. The van der Waals surface area contributed by atoms with Crippen molar-refractivity contribution in [2.24, 2.45) is 5.92 Å². The predicted octanol–water partition coefficient (Wildman–Crippen LogP) is 3.66. The minimum atomic E-state index is -2.42. The van der Waals surface area contributed by atoms with E-state index in [1.807, 2.05) is 0 Å². The molecule has 0 aliphatic heterocycles. The fourth-order valence-electron chi connectivity index (χ4n) is 3.01. The minimum Gasteiger partial charge on any atom is -0.389 e. The molecular weight excluding hydrogens is 260 g/mol. The molecule has 1 fully saturated rings. The molecule has 1 aliphatic rings. The fourth-order valence-corrected chi connectivity index (χ4v) is 3.01. The number of rotatable bonds is 5. The zero-order valence-electron chi connectivity index (χ0n) is 11.9. The third kappa shape index (κ3) is 4.25. The highest BCUT2D eigenvalue weighted by molar-refractivity contribution is 5.23. The molecule has 2 N–H and O–H groups in total. The third-order valence-electron chi connectivity index (χ3n) is 4.08. The second-order valence-electron chi connectivity index (χ2n) is 6.07. The number of aliphatic hydroxyl groups is 1. The molecule has 2 atom stereocenters. The van der Waals surface area contributed by atoms with Gasteiger partial charge in [0.25, 0.3) is 6.43 Å². The summed E-state index contributed by atoms with van der Waals surface area (Å²) >= 11 is 0. The average molecular weight is 283 g/mol. The molecule has 0 radical (unpaired) electrons. The van der Waals surface area contributed by atoms with Crippen molar-refractivity contribution in [2.45, 2.75) is 51.2 Å². The van der Waals surface area contributed by atoms with Crippen LogP contribution < -0.4 is 5.32 Å². The second kappa shape index (κ2) is 6.64. The molecule has 1 aliphatic carbocycles. The lowest BCUT2D eigenvalue weighted by Crippen LogP contribution is -2.43. The molecule has 0 saturated heterocycles. The fraction of sp³-hybridized carbons (Fsp3) is 0.625. The van der Waals surface area contributed by atoms with Crippen LogP contribution in [0.3, 0.4) is 0 Å². The Morgan fingerprint density at radius 1 is 1.35 bits per heavy atom. The molecule has 4 heteroatoms. The summed E-state index contributed by atoms with van der Waals surface area (Å²) in [5.74, 6) is 0.570. The van der Waals surface area contributed by atoms with Crippen molar-refractivity contribution in [2.75, 3.05) is 6.54 Å². The van der Waals surface area contributed by atoms with E-state index in [0.29, 0.717) is 19.0 Å². The van der Waals surface area contributed by atoms with Gasteiger partial charge in [-0.2, -0.15) is 0 Å². The van der Waals surface area contributed by atoms with Crippen LogP contribution in [0.1, 0.15) is 50.2 Å². The SMILES string of the molecule is CC1CCCC(O)(CNCc2ccc(C(F)F)cc2)C1. The van der Waals surface area contributed by atoms with E-state index in [4.69, 9.17) is 0 Å². The minimum absolute atomic E-state index is 0.0495. The predicted molar refractivity (Wildman–Crippen MR) is 75.7 cm³/mol. The Labute approximate surface area is 119 Å². The standard InChI is InChI=1S/C16H23F2NO/c1-12-3-2-8-16(20,9-12)11-19-10-13-4-6-14(7-5-13)15(17)18/h4-7,12,15,19-20H,2-3,8-11H2,1H3. The van der Waals surface area contributed by atoms with E-state index in [9.17, 15) is 13.9 Å². The smallest absolute Gasteiger partial charge is 0.263 e. The van der Waals surface area contributed by atoms with Crippen molar-refractivity contribution >= 4 is 0 Å². The summed E-state index contributed by atoms with van der Waals surface area (Å²) in [5, 5.41) is 13.7. The van der Waals surface area contributed by atoms with Crippen LogP contribution >= 0.6 is 0 Å². The lowest BCUT2D eigenvalue weighted by Gasteiger charge is -2.35. The first kappa shape index (κ1) is 15.4. The highest BCUT2D eigenvalue weighted by atomic mass is 19.3. The van der Waals surface area contributed by atoms with Gasteiger partial charge >= 0.3 is 0 Å². The quantitative estimate of drug-likeness (QED) is 0.864. The Balaban J connectivity index is 1.80. The summed E-state index contributed by atoms with van der Waals surface area (Å²) in [4.78, 5) is 0. The summed E-state index contributed by atoms with van der Waals surface area (Å²) in [6, 6.07) is 6.34. The molecule has 2 nitrogen and oxygen atoms in total. The van der Waals surface area contributed by atoms with E-state index >= 15 is 0 Å². The molecule has 2 rings (SSSR count). The van der Waals surface area contributed by atoms with Gasteiger partial charge in [-0.15, -0.1) is 0 Å². The number of hydrogen-bond acceptors (Lipinski definition) is 2. The van der Waals surface area contributed by atoms with Gasteiger partial charge in [0, 0.05) is 18.7 Å². The van der Waals surface area contributed by atoms with Gasteiger partial charge in [0.2, 0.25) is 0 Å². The Morgan fingerprint density at radius 3 is 2.65 bits per heavy atom. The lowest BCUT2D eigenvalue weighted by atomic mass is 9.79. The molecule has 112 valence electrons. The van der Waals surface area contributed by atoms with Crippen LogP contribution in [-0.2, 0) is 6.54 Å². The van der Waals surface area contributed by atoms with Gasteiger partial charge in [0.15, 0.2) is 0 Å². The molecule has 0 aromatic heterocycles. The van der Waals surface area contributed by atoms with Crippen molar-refractivity contribution in [3.05, 3.63) is 35.4 Å². The monoisotopic (exact) mass is 283 g/mol. The van der Waals surface area contributed by atoms with E-state index in [2.05, 4.69) is 12.2 Å². The molecule has 0 heterocycles. The number of alkyl halides is 2. The lowest BCUT2D eigenvalue weighted by molar-refractivity contribution is -0.0119. The van der Waals surface area contributed by atoms with Crippen LogP contribution in [0.4, 0.5) is 8.78 Å². The van der Waals surface area contributed by atoms with Crippen LogP contribution in [0.5, 0.6) is 0 Å². The summed E-state index contributed by atoms with van der Waals surface area (Å²) in [6.45, 7) is 3.33. The van der Waals surface area contributed by atoms with E-state index < -0.39 is 12.0 Å². The van der Waals surface area contributed by atoms with E-state index in [1.54, 1.807) is 12.1 Å². The van der Waals surface area contributed by atoms with Crippen LogP contribution in [0.15, 0.2) is 24.3 Å². The van der Waals surface area contributed by atoms with Gasteiger partial charge in [-0.3, -0.25) is 0 Å². The van der Waals surface area contributed by atoms with Gasteiger partial charge < -0.3 is 10.4 Å². The summed E-state index contributed by atoms with van der Waals surface area (Å²) in [6.07, 6.45) is 1.53. The van der Waals surface area contributed by atoms with Gasteiger partial charge in [-0.05, 0) is 24.3 Å². The third-order valence-corrected chi connectivity index (χ3v) is 4.08. The number of benzene rings is 1. The Morgan fingerprint density at radius 2 is 2.05 bits per heavy atom. The van der Waals surface area contributed by atoms with Gasteiger partial charge in [-0.25, -0.2) is 8.78 Å². The first-order chi connectivity index (χ1) is 9.48. The summed E-state index contributed by atoms with van der Waals surface area (Å²) < 4.78 is 24.9. The normalized spacial score (nSPS) is 26.9. The summed E-state index contributed by atoms with van der Waals surface area (Å²) in [5.41, 5.74) is 0.399. The van der Waals surface area contributed by atoms with Gasteiger partial charge in [0.05, 0.1) is 5.60 Å². The molecule has 1 saturated carbocycles. The van der Waals surface area contributed by atoms with Crippen LogP contribution in [0.25, 0.3) is 0 Å². The molecular formula is C16H23F2NO. The Kier molecular flexibility index (Phi) is 5.11. The van der Waals surface area contributed by atoms with E-state index in [0.717, 1.165) is 24.8 Å². The second-order valence-corrected chi connectivity index (χ2v) is 6.07. The highest BCUT2D eigenvalue weighted by Crippen LogP contribution is 2.31. The van der Waals surface area contributed by atoms with Crippen LogP contribution in [0, 0.1) is 5.92 Å². The van der Waals surface area contributed by atoms with Crippen molar-refractivity contribution in [1.82, 2.24) is 5.32 Å². The first-order valence-electron chi connectivity index (χ1n) is 7.29. The van der Waals surface area contributed by atoms with E-state index in [1.165, 1.54) is 18.6 Å². The maximum Gasteiger partial charge on any atom is 0.263 e.